The number of piperidine rings is 1. The van der Waals surface area contributed by atoms with E-state index < -0.39 is 5.60 Å². The zero-order chi connectivity index (χ0) is 19.9. The molecule has 1 spiro atoms. The van der Waals surface area contributed by atoms with Crippen molar-refractivity contribution in [2.24, 2.45) is 0 Å². The minimum atomic E-state index is -1.33. The second-order valence-electron chi connectivity index (χ2n) is 7.97. The minimum Gasteiger partial charge on any atom is -0.495 e. The number of aliphatic hydroxyl groups is 1. The second kappa shape index (κ2) is 7.13. The van der Waals surface area contributed by atoms with Gasteiger partial charge in [-0.25, -0.2) is 0 Å². The zero-order valence-electron chi connectivity index (χ0n) is 16.5. The highest BCUT2D eigenvalue weighted by atomic mass is 32.1. The van der Waals surface area contributed by atoms with E-state index in [1.54, 1.807) is 43.4 Å². The molecule has 0 radical (unpaired) electrons. The normalized spacial score (nSPS) is 18.8. The first-order valence-corrected chi connectivity index (χ1v) is 10.4. The van der Waals surface area contributed by atoms with Gasteiger partial charge in [-0.2, -0.15) is 0 Å². The van der Waals surface area contributed by atoms with E-state index in [0.29, 0.717) is 19.7 Å². The third kappa shape index (κ3) is 3.43. The molecule has 0 atom stereocenters. The van der Waals surface area contributed by atoms with Gasteiger partial charge in [0, 0.05) is 24.4 Å². The summed E-state index contributed by atoms with van der Waals surface area (Å²) in [5, 5.41) is 10.0. The number of carbonyl (C=O) groups is 1. The quantitative estimate of drug-likeness (QED) is 0.855. The summed E-state index contributed by atoms with van der Waals surface area (Å²) in [4.78, 5) is 21.2. The van der Waals surface area contributed by atoms with E-state index in [1.807, 2.05) is 12.1 Å². The third-order valence-corrected chi connectivity index (χ3v) is 6.83. The van der Waals surface area contributed by atoms with E-state index >= 15 is 0 Å². The monoisotopic (exact) mass is 402 g/mol. The first-order chi connectivity index (χ1) is 13.3. The number of methoxy groups -OCH3 is 1. The molecular weight excluding hydrogens is 376 g/mol. The Balaban J connectivity index is 1.58. The smallest absolute Gasteiger partial charge is 0.253 e. The van der Waals surface area contributed by atoms with Crippen molar-refractivity contribution >= 4 is 17.2 Å². The maximum absolute atomic E-state index is 12.4. The number of carbonyl (C=O) groups excluding carboxylic acids is 1. The maximum Gasteiger partial charge on any atom is 0.253 e. The third-order valence-electron chi connectivity index (χ3n) is 5.61. The number of nitrogens with zero attached hydrogens (tertiary/aromatic N) is 2. The van der Waals surface area contributed by atoms with Crippen LogP contribution in [0.2, 0.25) is 0 Å². The second-order valence-corrected chi connectivity index (χ2v) is 9.11. The van der Waals surface area contributed by atoms with Crippen molar-refractivity contribution in [3.8, 4) is 16.3 Å². The molecule has 0 bridgehead atoms. The lowest BCUT2D eigenvalue weighted by molar-refractivity contribution is -0.155. The standard InChI is InChI=1S/C21H26N2O4S/c1-20(2,25)19(24)23-9-7-21(8-10-23)15-12-18(28-17(15)6-11-27-21)16-5-4-14(26-3)13-22-16/h4-5,12-13,25H,6-11H2,1-3H3. The number of hydrogen-bond acceptors (Lipinski definition) is 6. The Labute approximate surface area is 169 Å². The van der Waals surface area contributed by atoms with Crippen LogP contribution in [0.25, 0.3) is 10.6 Å². The van der Waals surface area contributed by atoms with Crippen LogP contribution in [0.1, 0.15) is 37.1 Å². The van der Waals surface area contributed by atoms with Gasteiger partial charge in [0.2, 0.25) is 0 Å². The molecule has 1 N–H and O–H groups in total. The lowest BCUT2D eigenvalue weighted by Gasteiger charge is -2.44. The Morgan fingerprint density at radius 3 is 2.71 bits per heavy atom. The predicted octanol–water partition coefficient (Wildman–Crippen LogP) is 2.98. The Kier molecular flexibility index (Phi) is 4.93. The molecule has 0 aliphatic carbocycles. The van der Waals surface area contributed by atoms with Crippen LogP contribution in [0, 0.1) is 0 Å². The minimum absolute atomic E-state index is 0.216. The molecular formula is C21H26N2O4S. The molecule has 2 aromatic heterocycles. The molecule has 2 aliphatic rings. The Morgan fingerprint density at radius 1 is 1.36 bits per heavy atom. The molecule has 28 heavy (non-hydrogen) atoms. The number of ether oxygens (including phenoxy) is 2. The maximum atomic E-state index is 12.4. The average Bonchev–Trinajstić information content (AvgIpc) is 3.13. The molecule has 1 fully saturated rings. The van der Waals surface area contributed by atoms with Gasteiger partial charge >= 0.3 is 0 Å². The highest BCUT2D eigenvalue weighted by Crippen LogP contribution is 2.46. The van der Waals surface area contributed by atoms with Crippen molar-refractivity contribution < 1.29 is 19.4 Å². The van der Waals surface area contributed by atoms with E-state index in [-0.39, 0.29) is 11.5 Å². The number of likely N-dealkylation sites (tertiary alicyclic amines) is 1. The molecule has 2 aromatic rings. The fourth-order valence-electron chi connectivity index (χ4n) is 4.06. The van der Waals surface area contributed by atoms with Gasteiger partial charge in [0.1, 0.15) is 11.4 Å². The Bertz CT molecular complexity index is 862. The van der Waals surface area contributed by atoms with Crippen LogP contribution in [-0.2, 0) is 21.6 Å². The molecule has 7 heteroatoms. The van der Waals surface area contributed by atoms with E-state index in [2.05, 4.69) is 11.1 Å². The molecule has 0 unspecified atom stereocenters. The van der Waals surface area contributed by atoms with Gasteiger partial charge in [-0.3, -0.25) is 9.78 Å². The van der Waals surface area contributed by atoms with Gasteiger partial charge < -0.3 is 19.5 Å². The number of pyridine rings is 1. The fraction of sp³-hybridized carbons (Fsp3) is 0.524. The van der Waals surface area contributed by atoms with Gasteiger partial charge in [-0.05, 0) is 50.5 Å². The van der Waals surface area contributed by atoms with Crippen molar-refractivity contribution in [1.82, 2.24) is 9.88 Å². The average molecular weight is 403 g/mol. The molecule has 2 aliphatic heterocycles. The van der Waals surface area contributed by atoms with Crippen LogP contribution < -0.4 is 4.74 Å². The highest BCUT2D eigenvalue weighted by molar-refractivity contribution is 7.15. The molecule has 1 saturated heterocycles. The van der Waals surface area contributed by atoms with E-state index in [1.165, 1.54) is 10.4 Å². The van der Waals surface area contributed by atoms with Crippen molar-refractivity contribution in [2.75, 3.05) is 26.8 Å². The summed E-state index contributed by atoms with van der Waals surface area (Å²) in [7, 11) is 1.64. The molecule has 1 amide bonds. The lowest BCUT2D eigenvalue weighted by atomic mass is 9.82. The van der Waals surface area contributed by atoms with Crippen molar-refractivity contribution in [3.63, 3.8) is 0 Å². The summed E-state index contributed by atoms with van der Waals surface area (Å²) in [6, 6.07) is 6.11. The van der Waals surface area contributed by atoms with Gasteiger partial charge in [0.15, 0.2) is 0 Å². The van der Waals surface area contributed by atoms with Crippen LogP contribution in [0.5, 0.6) is 5.75 Å². The predicted molar refractivity (Wildman–Crippen MR) is 108 cm³/mol. The molecule has 4 heterocycles. The Morgan fingerprint density at radius 2 is 2.11 bits per heavy atom. The number of amides is 1. The van der Waals surface area contributed by atoms with Crippen molar-refractivity contribution in [2.45, 2.75) is 44.3 Å². The topological polar surface area (TPSA) is 71.9 Å². The molecule has 0 aromatic carbocycles. The summed E-state index contributed by atoms with van der Waals surface area (Å²) < 4.78 is 11.5. The molecule has 4 rings (SSSR count). The van der Waals surface area contributed by atoms with Gasteiger partial charge in [-0.1, -0.05) is 0 Å². The molecule has 6 nitrogen and oxygen atoms in total. The summed E-state index contributed by atoms with van der Waals surface area (Å²) >= 11 is 1.78. The summed E-state index contributed by atoms with van der Waals surface area (Å²) in [5.74, 6) is 0.528. The number of thiophene rings is 1. The molecule has 150 valence electrons. The Hall–Kier alpha value is -1.96. The van der Waals surface area contributed by atoms with Crippen LogP contribution in [-0.4, -0.2) is 53.3 Å². The van der Waals surface area contributed by atoms with E-state index in [0.717, 1.165) is 35.6 Å². The largest absolute Gasteiger partial charge is 0.495 e. The highest BCUT2D eigenvalue weighted by Gasteiger charge is 2.44. The SMILES string of the molecule is COc1ccc(-c2cc3c(s2)CCOC32CCN(C(=O)C(C)(C)O)CC2)nc1. The van der Waals surface area contributed by atoms with Crippen LogP contribution in [0.3, 0.4) is 0 Å². The number of aromatic nitrogens is 1. The zero-order valence-corrected chi connectivity index (χ0v) is 17.3. The van der Waals surface area contributed by atoms with Crippen LogP contribution in [0.15, 0.2) is 24.4 Å². The summed E-state index contributed by atoms with van der Waals surface area (Å²) in [6.07, 6.45) is 4.13. The lowest BCUT2D eigenvalue weighted by Crippen LogP contribution is -2.52. The van der Waals surface area contributed by atoms with E-state index in [9.17, 15) is 9.90 Å². The van der Waals surface area contributed by atoms with Crippen LogP contribution in [0.4, 0.5) is 0 Å². The summed E-state index contributed by atoms with van der Waals surface area (Å²) in [5.41, 5.74) is 0.501. The number of fused-ring (bicyclic) bond motifs is 2. The van der Waals surface area contributed by atoms with Gasteiger partial charge in [0.25, 0.3) is 5.91 Å². The molecule has 0 saturated carbocycles. The number of hydrogen-bond donors (Lipinski definition) is 1. The van der Waals surface area contributed by atoms with Gasteiger partial charge in [-0.15, -0.1) is 11.3 Å². The first-order valence-electron chi connectivity index (χ1n) is 9.62. The van der Waals surface area contributed by atoms with E-state index in [4.69, 9.17) is 9.47 Å². The van der Waals surface area contributed by atoms with Gasteiger partial charge in [0.05, 0.1) is 36.1 Å². The summed E-state index contributed by atoms with van der Waals surface area (Å²) in [6.45, 7) is 4.97. The van der Waals surface area contributed by atoms with Crippen molar-refractivity contribution in [3.05, 3.63) is 34.8 Å². The number of rotatable bonds is 3. The first kappa shape index (κ1) is 19.4. The van der Waals surface area contributed by atoms with Crippen LogP contribution >= 0.6 is 11.3 Å². The fourth-order valence-corrected chi connectivity index (χ4v) is 5.27. The van der Waals surface area contributed by atoms with Crippen molar-refractivity contribution in [1.29, 1.82) is 0 Å².